The Hall–Kier alpha value is -2.25. The minimum Gasteiger partial charge on any atom is -0.444 e. The maximum Gasteiger partial charge on any atom is 0.410 e. The van der Waals surface area contributed by atoms with Crippen molar-refractivity contribution in [3.63, 3.8) is 0 Å². The normalized spacial score (nSPS) is 16.6. The molecule has 0 aromatic carbocycles. The van der Waals surface area contributed by atoms with Crippen molar-refractivity contribution in [2.75, 3.05) is 33.4 Å². The molecule has 1 aliphatic rings. The first-order chi connectivity index (χ1) is 15.4. The number of likely N-dealkylation sites (tertiary alicyclic amines) is 1. The summed E-state index contributed by atoms with van der Waals surface area (Å²) in [4.78, 5) is 23.1. The van der Waals surface area contributed by atoms with Gasteiger partial charge in [-0.25, -0.2) is 14.8 Å². The van der Waals surface area contributed by atoms with Crippen molar-refractivity contribution in [2.24, 2.45) is 0 Å². The number of methoxy groups -OCH3 is 1. The zero-order valence-electron chi connectivity index (χ0n) is 19.9. The van der Waals surface area contributed by atoms with Crippen LogP contribution < -0.4 is 0 Å². The van der Waals surface area contributed by atoms with Crippen LogP contribution >= 0.6 is 0 Å². The predicted molar refractivity (Wildman–Crippen MR) is 125 cm³/mol. The molecule has 0 aliphatic carbocycles. The summed E-state index contributed by atoms with van der Waals surface area (Å²) in [6.07, 6.45) is 7.48. The molecule has 1 amide bonds. The second-order valence-electron chi connectivity index (χ2n) is 9.41. The molecule has 0 spiro atoms. The molecule has 0 unspecified atom stereocenters. The largest absolute Gasteiger partial charge is 0.444 e. The Morgan fingerprint density at radius 2 is 2.03 bits per heavy atom. The highest BCUT2D eigenvalue weighted by Gasteiger charge is 2.30. The number of amides is 1. The van der Waals surface area contributed by atoms with E-state index in [1.54, 1.807) is 18.2 Å². The summed E-state index contributed by atoms with van der Waals surface area (Å²) in [5.74, 6) is 0. The van der Waals surface area contributed by atoms with E-state index in [1.165, 1.54) is 5.56 Å². The third kappa shape index (κ3) is 7.41. The van der Waals surface area contributed by atoms with Crippen molar-refractivity contribution in [3.05, 3.63) is 35.7 Å². The summed E-state index contributed by atoms with van der Waals surface area (Å²) < 4.78 is 16.7. The molecule has 7 heteroatoms. The molecule has 7 nitrogen and oxygen atoms in total. The van der Waals surface area contributed by atoms with Gasteiger partial charge in [0.25, 0.3) is 0 Å². The third-order valence-corrected chi connectivity index (χ3v) is 5.53. The molecule has 1 fully saturated rings. The number of rotatable bonds is 10. The summed E-state index contributed by atoms with van der Waals surface area (Å²) in [5.41, 5.74) is 2.69. The fourth-order valence-electron chi connectivity index (χ4n) is 3.92. The molecule has 1 atom stereocenters. The maximum absolute atomic E-state index is 12.2. The SMILES string of the molecule is COCCc1cc(CCCCCO[C@@H]2CCN(C(=O)OC(C)(C)C)C2)nc2ncccc12. The van der Waals surface area contributed by atoms with Crippen LogP contribution in [-0.2, 0) is 27.1 Å². The van der Waals surface area contributed by atoms with E-state index in [9.17, 15) is 4.79 Å². The highest BCUT2D eigenvalue weighted by atomic mass is 16.6. The number of ether oxygens (including phenoxy) is 3. The van der Waals surface area contributed by atoms with Crippen LogP contribution in [0.25, 0.3) is 11.0 Å². The highest BCUT2D eigenvalue weighted by molar-refractivity contribution is 5.78. The lowest BCUT2D eigenvalue weighted by Crippen LogP contribution is -2.36. The number of aromatic nitrogens is 2. The van der Waals surface area contributed by atoms with Gasteiger partial charge in [0.1, 0.15) is 5.60 Å². The number of pyridine rings is 2. The standard InChI is InChI=1S/C25H37N3O4/c1-25(2,3)32-24(29)28-14-11-21(18-28)31-15-7-5-6-9-20-17-19(12-16-30-4)22-10-8-13-26-23(22)27-20/h8,10,13,17,21H,5-7,9,11-12,14-16,18H2,1-4H3/t21-/m1/s1. The van der Waals surface area contributed by atoms with E-state index in [0.29, 0.717) is 19.7 Å². The van der Waals surface area contributed by atoms with Gasteiger partial charge in [-0.15, -0.1) is 0 Å². The van der Waals surface area contributed by atoms with Crippen molar-refractivity contribution < 1.29 is 19.0 Å². The minimum atomic E-state index is -0.462. The number of nitrogens with zero attached hydrogens (tertiary/aromatic N) is 3. The van der Waals surface area contributed by atoms with Gasteiger partial charge in [-0.2, -0.15) is 0 Å². The molecular weight excluding hydrogens is 406 g/mol. The molecule has 0 bridgehead atoms. The number of hydrogen-bond donors (Lipinski definition) is 0. The van der Waals surface area contributed by atoms with E-state index >= 15 is 0 Å². The molecule has 1 aliphatic heterocycles. The van der Waals surface area contributed by atoms with E-state index in [-0.39, 0.29) is 12.2 Å². The Bertz CT molecular complexity index is 881. The van der Waals surface area contributed by atoms with Crippen molar-refractivity contribution >= 4 is 17.1 Å². The summed E-state index contributed by atoms with van der Waals surface area (Å²) in [7, 11) is 1.73. The summed E-state index contributed by atoms with van der Waals surface area (Å²) >= 11 is 0. The molecule has 3 heterocycles. The number of carbonyl (C=O) groups excluding carboxylic acids is 1. The van der Waals surface area contributed by atoms with Crippen LogP contribution in [0.1, 0.15) is 57.7 Å². The summed E-state index contributed by atoms with van der Waals surface area (Å²) in [6.45, 7) is 8.40. The van der Waals surface area contributed by atoms with Crippen LogP contribution in [0.3, 0.4) is 0 Å². The number of aryl methyl sites for hydroxylation is 1. The summed E-state index contributed by atoms with van der Waals surface area (Å²) in [6, 6.07) is 6.23. The molecular formula is C25H37N3O4. The Morgan fingerprint density at radius 1 is 1.19 bits per heavy atom. The first-order valence-electron chi connectivity index (χ1n) is 11.7. The quantitative estimate of drug-likeness (QED) is 0.501. The molecule has 2 aromatic rings. The lowest BCUT2D eigenvalue weighted by Gasteiger charge is -2.24. The van der Waals surface area contributed by atoms with Gasteiger partial charge in [0.2, 0.25) is 0 Å². The monoisotopic (exact) mass is 443 g/mol. The van der Waals surface area contributed by atoms with Crippen LogP contribution in [-0.4, -0.2) is 66.1 Å². The fourth-order valence-corrected chi connectivity index (χ4v) is 3.92. The zero-order valence-corrected chi connectivity index (χ0v) is 19.9. The second kappa shape index (κ2) is 11.6. The fraction of sp³-hybridized carbons (Fsp3) is 0.640. The van der Waals surface area contributed by atoms with Crippen LogP contribution in [0.2, 0.25) is 0 Å². The average molecular weight is 444 g/mol. The molecule has 3 rings (SSSR count). The second-order valence-corrected chi connectivity index (χ2v) is 9.41. The number of carbonyl (C=O) groups is 1. The molecule has 32 heavy (non-hydrogen) atoms. The van der Waals surface area contributed by atoms with E-state index in [1.807, 2.05) is 26.8 Å². The topological polar surface area (TPSA) is 73.8 Å². The van der Waals surface area contributed by atoms with Crippen molar-refractivity contribution in [1.29, 1.82) is 0 Å². The van der Waals surface area contributed by atoms with Crippen LogP contribution in [0.5, 0.6) is 0 Å². The Kier molecular flexibility index (Phi) is 8.82. The molecule has 1 saturated heterocycles. The third-order valence-electron chi connectivity index (χ3n) is 5.53. The zero-order chi connectivity index (χ0) is 23.0. The van der Waals surface area contributed by atoms with Gasteiger partial charge in [-0.3, -0.25) is 0 Å². The predicted octanol–water partition coefficient (Wildman–Crippen LogP) is 4.56. The van der Waals surface area contributed by atoms with Gasteiger partial charge in [0.05, 0.1) is 19.3 Å². The van der Waals surface area contributed by atoms with Crippen LogP contribution in [0.15, 0.2) is 24.4 Å². The van der Waals surface area contributed by atoms with E-state index in [2.05, 4.69) is 17.1 Å². The Balaban J connectivity index is 1.37. The average Bonchev–Trinajstić information content (AvgIpc) is 3.22. The minimum absolute atomic E-state index is 0.110. The summed E-state index contributed by atoms with van der Waals surface area (Å²) in [5, 5.41) is 1.11. The van der Waals surface area contributed by atoms with Gasteiger partial charge in [0.15, 0.2) is 5.65 Å². The molecule has 0 radical (unpaired) electrons. The van der Waals surface area contributed by atoms with E-state index < -0.39 is 5.60 Å². The molecule has 176 valence electrons. The first-order valence-corrected chi connectivity index (χ1v) is 11.7. The Labute approximate surface area is 191 Å². The lowest BCUT2D eigenvalue weighted by molar-refractivity contribution is 0.0206. The van der Waals surface area contributed by atoms with Gasteiger partial charge < -0.3 is 19.1 Å². The van der Waals surface area contributed by atoms with Gasteiger partial charge in [-0.05, 0) is 76.6 Å². The maximum atomic E-state index is 12.2. The number of hydrogen-bond acceptors (Lipinski definition) is 6. The molecule has 0 N–H and O–H groups in total. The van der Waals surface area contributed by atoms with Gasteiger partial charge in [-0.1, -0.05) is 6.42 Å². The van der Waals surface area contributed by atoms with Crippen molar-refractivity contribution in [1.82, 2.24) is 14.9 Å². The molecule has 0 saturated carbocycles. The highest BCUT2D eigenvalue weighted by Crippen LogP contribution is 2.20. The van der Waals surface area contributed by atoms with Gasteiger partial charge in [0, 0.05) is 37.5 Å². The van der Waals surface area contributed by atoms with E-state index in [0.717, 1.165) is 61.9 Å². The Morgan fingerprint density at radius 3 is 2.81 bits per heavy atom. The van der Waals surface area contributed by atoms with Crippen LogP contribution in [0, 0.1) is 0 Å². The van der Waals surface area contributed by atoms with E-state index in [4.69, 9.17) is 19.2 Å². The van der Waals surface area contributed by atoms with Crippen molar-refractivity contribution in [2.45, 2.75) is 71.0 Å². The molecule has 2 aromatic heterocycles. The number of unbranched alkanes of at least 4 members (excludes halogenated alkanes) is 2. The van der Waals surface area contributed by atoms with Crippen LogP contribution in [0.4, 0.5) is 4.79 Å². The lowest BCUT2D eigenvalue weighted by atomic mass is 10.0. The smallest absolute Gasteiger partial charge is 0.410 e. The van der Waals surface area contributed by atoms with Gasteiger partial charge >= 0.3 is 6.09 Å². The number of fused-ring (bicyclic) bond motifs is 1. The first kappa shape index (κ1) is 24.4. The van der Waals surface area contributed by atoms with Crippen molar-refractivity contribution in [3.8, 4) is 0 Å².